The molecule has 0 radical (unpaired) electrons. The Balaban J connectivity index is 1.89. The van der Waals surface area contributed by atoms with E-state index in [1.165, 1.54) is 27.4 Å². The average molecular weight is 409 g/mol. The number of phenols is 1. The highest BCUT2D eigenvalue weighted by atomic mass is 32.2. The molecule has 1 aliphatic carbocycles. The van der Waals surface area contributed by atoms with Crippen LogP contribution in [0.15, 0.2) is 28.5 Å². The molecule has 27 heavy (non-hydrogen) atoms. The molecule has 0 bridgehead atoms. The van der Waals surface area contributed by atoms with Crippen LogP contribution in [0.1, 0.15) is 47.5 Å². The molecule has 3 rings (SSSR count). The molecular weight excluding hydrogens is 384 g/mol. The number of nitrogens with zero attached hydrogens (tertiary/aromatic N) is 1. The van der Waals surface area contributed by atoms with Gasteiger partial charge in [0, 0.05) is 23.3 Å². The van der Waals surface area contributed by atoms with Crippen LogP contribution in [0.25, 0.3) is 0 Å². The van der Waals surface area contributed by atoms with E-state index >= 15 is 0 Å². The van der Waals surface area contributed by atoms with Gasteiger partial charge in [0.25, 0.3) is 5.91 Å². The average Bonchev–Trinajstić information content (AvgIpc) is 3.08. The van der Waals surface area contributed by atoms with Gasteiger partial charge in [0.15, 0.2) is 0 Å². The maximum absolute atomic E-state index is 12.7. The quantitative estimate of drug-likeness (QED) is 0.715. The van der Waals surface area contributed by atoms with Gasteiger partial charge in [-0.25, -0.2) is 8.42 Å². The number of hydrogen-bond donors (Lipinski definition) is 2. The summed E-state index contributed by atoms with van der Waals surface area (Å²) in [6, 6.07) is 3.97. The van der Waals surface area contributed by atoms with Crippen LogP contribution >= 0.6 is 11.3 Å². The summed E-state index contributed by atoms with van der Waals surface area (Å²) in [4.78, 5) is 14.0. The number of aromatic hydroxyl groups is 1. The van der Waals surface area contributed by atoms with Crippen molar-refractivity contribution in [2.45, 2.75) is 44.4 Å². The van der Waals surface area contributed by atoms with E-state index < -0.39 is 10.0 Å². The van der Waals surface area contributed by atoms with Crippen LogP contribution in [0.5, 0.6) is 5.75 Å². The van der Waals surface area contributed by atoms with Gasteiger partial charge in [-0.1, -0.05) is 13.8 Å². The number of carbonyl (C=O) groups is 1. The Morgan fingerprint density at radius 1 is 1.22 bits per heavy atom. The van der Waals surface area contributed by atoms with Crippen molar-refractivity contribution in [2.75, 3.05) is 18.4 Å². The minimum atomic E-state index is -3.67. The lowest BCUT2D eigenvalue weighted by Crippen LogP contribution is -2.30. The van der Waals surface area contributed by atoms with Gasteiger partial charge in [-0.05, 0) is 49.4 Å². The summed E-state index contributed by atoms with van der Waals surface area (Å²) in [5.41, 5.74) is 1.80. The number of anilines is 1. The molecule has 0 unspecified atom stereocenters. The zero-order valence-corrected chi connectivity index (χ0v) is 17.1. The van der Waals surface area contributed by atoms with E-state index in [2.05, 4.69) is 5.32 Å². The van der Waals surface area contributed by atoms with Crippen LogP contribution in [0, 0.1) is 0 Å². The molecule has 0 aliphatic heterocycles. The summed E-state index contributed by atoms with van der Waals surface area (Å²) in [5.74, 6) is -0.479. The zero-order valence-electron chi connectivity index (χ0n) is 15.5. The van der Waals surface area contributed by atoms with Crippen LogP contribution in [0.3, 0.4) is 0 Å². The Kier molecular flexibility index (Phi) is 5.88. The molecular formula is C19H24N2O4S2. The molecule has 1 aromatic heterocycles. The predicted octanol–water partition coefficient (Wildman–Crippen LogP) is 3.62. The third kappa shape index (κ3) is 3.88. The third-order valence-corrected chi connectivity index (χ3v) is 8.00. The van der Waals surface area contributed by atoms with Gasteiger partial charge in [-0.15, -0.1) is 11.3 Å². The van der Waals surface area contributed by atoms with Crippen LogP contribution in [0.4, 0.5) is 5.69 Å². The van der Waals surface area contributed by atoms with Gasteiger partial charge >= 0.3 is 0 Å². The van der Waals surface area contributed by atoms with E-state index in [4.69, 9.17) is 0 Å². The second kappa shape index (κ2) is 8.00. The Morgan fingerprint density at radius 3 is 2.63 bits per heavy atom. The first-order valence-corrected chi connectivity index (χ1v) is 11.4. The van der Waals surface area contributed by atoms with E-state index in [-0.39, 0.29) is 22.2 Å². The fourth-order valence-corrected chi connectivity index (χ4v) is 5.97. The first-order chi connectivity index (χ1) is 12.9. The summed E-state index contributed by atoms with van der Waals surface area (Å²) in [6.45, 7) is 4.23. The Morgan fingerprint density at radius 2 is 1.93 bits per heavy atom. The van der Waals surface area contributed by atoms with Crippen molar-refractivity contribution < 1.29 is 18.3 Å². The van der Waals surface area contributed by atoms with Gasteiger partial charge in [0.2, 0.25) is 10.0 Å². The number of sulfonamides is 1. The maximum atomic E-state index is 12.7. The number of rotatable bonds is 6. The SMILES string of the molecule is CCN(CC)S(=O)(=O)c1ccc(O)c(NC(=O)c2csc3c2CCCC3)c1. The van der Waals surface area contributed by atoms with Crippen molar-refractivity contribution in [3.63, 3.8) is 0 Å². The summed E-state index contributed by atoms with van der Waals surface area (Å²) in [7, 11) is -3.67. The minimum absolute atomic E-state index is 0.0478. The Bertz CT molecular complexity index is 947. The molecule has 0 atom stereocenters. The van der Waals surface area contributed by atoms with Gasteiger partial charge in [-0.3, -0.25) is 4.79 Å². The number of nitrogens with one attached hydrogen (secondary N) is 1. The van der Waals surface area contributed by atoms with Crippen molar-refractivity contribution in [2.24, 2.45) is 0 Å². The number of fused-ring (bicyclic) bond motifs is 1. The number of carbonyl (C=O) groups excluding carboxylic acids is 1. The summed E-state index contributed by atoms with van der Waals surface area (Å²) < 4.78 is 26.7. The van der Waals surface area contributed by atoms with Crippen molar-refractivity contribution in [3.8, 4) is 5.75 Å². The number of aryl methyl sites for hydroxylation is 1. The molecule has 0 fully saturated rings. The normalized spacial score (nSPS) is 14.2. The van der Waals surface area contributed by atoms with Crippen LogP contribution in [0.2, 0.25) is 0 Å². The lowest BCUT2D eigenvalue weighted by Gasteiger charge is -2.19. The standard InChI is InChI=1S/C19H24N2O4S2/c1-3-21(4-2)27(24,25)13-9-10-17(22)16(11-13)20-19(23)15-12-26-18-8-6-5-7-14(15)18/h9-12,22H,3-8H2,1-2H3,(H,20,23). The van der Waals surface area contributed by atoms with E-state index in [9.17, 15) is 18.3 Å². The molecule has 146 valence electrons. The van der Waals surface area contributed by atoms with Gasteiger partial charge in [0.1, 0.15) is 5.75 Å². The van der Waals surface area contributed by atoms with Crippen molar-refractivity contribution in [1.29, 1.82) is 0 Å². The summed E-state index contributed by atoms with van der Waals surface area (Å²) in [5, 5.41) is 14.6. The molecule has 2 aromatic rings. The second-order valence-corrected chi connectivity index (χ2v) is 9.38. The second-order valence-electron chi connectivity index (χ2n) is 6.48. The molecule has 8 heteroatoms. The molecule has 1 amide bonds. The Hall–Kier alpha value is -1.90. The van der Waals surface area contributed by atoms with E-state index in [0.29, 0.717) is 18.7 Å². The number of hydrogen-bond acceptors (Lipinski definition) is 5. The highest BCUT2D eigenvalue weighted by Crippen LogP contribution is 2.32. The third-order valence-electron chi connectivity index (χ3n) is 4.87. The van der Waals surface area contributed by atoms with Crippen LogP contribution < -0.4 is 5.32 Å². The van der Waals surface area contributed by atoms with Gasteiger partial charge in [0.05, 0.1) is 16.1 Å². The molecule has 1 heterocycles. The topological polar surface area (TPSA) is 86.7 Å². The number of thiophene rings is 1. The van der Waals surface area contributed by atoms with Gasteiger partial charge < -0.3 is 10.4 Å². The first-order valence-electron chi connectivity index (χ1n) is 9.12. The molecule has 1 aliphatic rings. The molecule has 0 saturated heterocycles. The fraction of sp³-hybridized carbons (Fsp3) is 0.421. The predicted molar refractivity (Wildman–Crippen MR) is 107 cm³/mol. The minimum Gasteiger partial charge on any atom is -0.506 e. The highest BCUT2D eigenvalue weighted by molar-refractivity contribution is 7.89. The molecule has 0 spiro atoms. The van der Waals surface area contributed by atoms with Crippen molar-refractivity contribution >= 4 is 33.0 Å². The first kappa shape index (κ1) is 19.9. The van der Waals surface area contributed by atoms with Crippen molar-refractivity contribution in [3.05, 3.63) is 39.6 Å². The monoisotopic (exact) mass is 408 g/mol. The summed E-state index contributed by atoms with van der Waals surface area (Å²) >= 11 is 1.59. The summed E-state index contributed by atoms with van der Waals surface area (Å²) in [6.07, 6.45) is 4.08. The van der Waals surface area contributed by atoms with E-state index in [1.807, 2.05) is 5.38 Å². The molecule has 6 nitrogen and oxygen atoms in total. The van der Waals surface area contributed by atoms with Crippen LogP contribution in [-0.4, -0.2) is 36.8 Å². The highest BCUT2D eigenvalue weighted by Gasteiger charge is 2.24. The van der Waals surface area contributed by atoms with Crippen LogP contribution in [-0.2, 0) is 22.9 Å². The number of phenolic OH excluding ortho intramolecular Hbond substituents is 1. The smallest absolute Gasteiger partial charge is 0.256 e. The molecule has 0 saturated carbocycles. The molecule has 2 N–H and O–H groups in total. The number of amides is 1. The fourth-order valence-electron chi connectivity index (χ4n) is 3.36. The Labute approximate surface area is 163 Å². The van der Waals surface area contributed by atoms with Crippen molar-refractivity contribution in [1.82, 2.24) is 4.31 Å². The zero-order chi connectivity index (χ0) is 19.6. The number of benzene rings is 1. The lowest BCUT2D eigenvalue weighted by molar-refractivity contribution is 0.102. The van der Waals surface area contributed by atoms with E-state index in [0.717, 1.165) is 31.2 Å². The van der Waals surface area contributed by atoms with E-state index in [1.54, 1.807) is 25.2 Å². The van der Waals surface area contributed by atoms with Gasteiger partial charge in [-0.2, -0.15) is 4.31 Å². The molecule has 1 aromatic carbocycles. The lowest BCUT2D eigenvalue weighted by atomic mass is 9.95. The maximum Gasteiger partial charge on any atom is 0.256 e. The largest absolute Gasteiger partial charge is 0.506 e.